The number of rotatable bonds is 5. The topological polar surface area (TPSA) is 45.2 Å². The molecule has 22 heavy (non-hydrogen) atoms. The summed E-state index contributed by atoms with van der Waals surface area (Å²) in [6.45, 7) is 1.69. The fraction of sp³-hybridized carbons (Fsp3) is 0.375. The third-order valence-electron chi connectivity index (χ3n) is 3.92. The molecule has 1 aliphatic heterocycles. The third-order valence-corrected chi connectivity index (χ3v) is 4.61. The molecule has 1 saturated heterocycles. The Hall–Kier alpha value is -1.79. The van der Waals surface area contributed by atoms with Crippen LogP contribution in [0.2, 0.25) is 0 Å². The van der Waals surface area contributed by atoms with Crippen molar-refractivity contribution >= 4 is 22.4 Å². The second kappa shape index (κ2) is 6.98. The first-order chi connectivity index (χ1) is 10.7. The van der Waals surface area contributed by atoms with Crippen LogP contribution in [0.25, 0.3) is 0 Å². The molecule has 1 aromatic heterocycles. The van der Waals surface area contributed by atoms with Gasteiger partial charge in [-0.2, -0.15) is 0 Å². The molecule has 1 atom stereocenters. The lowest BCUT2D eigenvalue weighted by molar-refractivity contribution is -0.116. The number of amides is 1. The molecular weight excluding hydrogens is 301 g/mol. The molecule has 1 fully saturated rings. The van der Waals surface area contributed by atoms with E-state index in [2.05, 4.69) is 15.2 Å². The number of nitrogens with one attached hydrogen (secondary N) is 1. The minimum atomic E-state index is -0.212. The van der Waals surface area contributed by atoms with Crippen molar-refractivity contribution < 1.29 is 9.18 Å². The Morgan fingerprint density at radius 1 is 1.41 bits per heavy atom. The minimum absolute atomic E-state index is 0.0142. The summed E-state index contributed by atoms with van der Waals surface area (Å²) in [6, 6.07) is 6.97. The fourth-order valence-corrected chi connectivity index (χ4v) is 3.41. The van der Waals surface area contributed by atoms with Gasteiger partial charge in [0.05, 0.1) is 0 Å². The van der Waals surface area contributed by atoms with Crippen molar-refractivity contribution in [3.63, 3.8) is 0 Å². The van der Waals surface area contributed by atoms with Crippen molar-refractivity contribution in [1.82, 2.24) is 9.88 Å². The number of thiazole rings is 1. The smallest absolute Gasteiger partial charge is 0.227 e. The first-order valence-electron chi connectivity index (χ1n) is 7.41. The summed E-state index contributed by atoms with van der Waals surface area (Å²) in [7, 11) is 0. The van der Waals surface area contributed by atoms with Crippen LogP contribution in [-0.2, 0) is 4.79 Å². The highest BCUT2D eigenvalue weighted by molar-refractivity contribution is 7.13. The summed E-state index contributed by atoms with van der Waals surface area (Å²) < 4.78 is 13.0. The van der Waals surface area contributed by atoms with Gasteiger partial charge in [-0.15, -0.1) is 11.3 Å². The number of carbonyl (C=O) groups is 1. The number of halogens is 1. The number of aromatic nitrogens is 1. The Balaban J connectivity index is 1.55. The van der Waals surface area contributed by atoms with Gasteiger partial charge in [-0.25, -0.2) is 9.37 Å². The molecule has 3 rings (SSSR count). The SMILES string of the molecule is O=C(CCN1CCCC1c1ccc(F)cc1)Nc1nccs1. The lowest BCUT2D eigenvalue weighted by Gasteiger charge is -2.24. The van der Waals surface area contributed by atoms with Crippen LogP contribution in [0.4, 0.5) is 9.52 Å². The van der Waals surface area contributed by atoms with Crippen LogP contribution in [0, 0.1) is 5.82 Å². The van der Waals surface area contributed by atoms with Crippen LogP contribution in [0.5, 0.6) is 0 Å². The van der Waals surface area contributed by atoms with Crippen LogP contribution in [-0.4, -0.2) is 28.9 Å². The zero-order chi connectivity index (χ0) is 15.4. The van der Waals surface area contributed by atoms with E-state index in [1.54, 1.807) is 6.20 Å². The minimum Gasteiger partial charge on any atom is -0.302 e. The van der Waals surface area contributed by atoms with Gasteiger partial charge in [-0.3, -0.25) is 9.69 Å². The molecule has 1 aromatic carbocycles. The molecule has 1 N–H and O–H groups in total. The van der Waals surface area contributed by atoms with Crippen molar-refractivity contribution in [3.8, 4) is 0 Å². The standard InChI is InChI=1S/C16H18FN3OS/c17-13-5-3-12(4-6-13)14-2-1-9-20(14)10-7-15(21)19-16-18-8-11-22-16/h3-6,8,11,14H,1-2,7,9-10H2,(H,18,19,21). The van der Waals surface area contributed by atoms with Crippen LogP contribution >= 0.6 is 11.3 Å². The molecule has 4 nitrogen and oxygen atoms in total. The largest absolute Gasteiger partial charge is 0.302 e. The van der Waals surface area contributed by atoms with Gasteiger partial charge in [0.2, 0.25) is 5.91 Å². The monoisotopic (exact) mass is 319 g/mol. The molecule has 6 heteroatoms. The number of benzene rings is 1. The van der Waals surface area contributed by atoms with E-state index in [0.29, 0.717) is 18.1 Å². The molecule has 1 unspecified atom stereocenters. The lowest BCUT2D eigenvalue weighted by Crippen LogP contribution is -2.27. The van der Waals surface area contributed by atoms with E-state index in [4.69, 9.17) is 0 Å². The molecule has 0 radical (unpaired) electrons. The lowest BCUT2D eigenvalue weighted by atomic mass is 10.0. The maximum atomic E-state index is 13.0. The number of anilines is 1. The molecule has 1 aliphatic rings. The van der Waals surface area contributed by atoms with E-state index in [0.717, 1.165) is 24.9 Å². The second-order valence-electron chi connectivity index (χ2n) is 5.38. The van der Waals surface area contributed by atoms with Gasteiger partial charge in [0.1, 0.15) is 5.82 Å². The zero-order valence-electron chi connectivity index (χ0n) is 12.2. The Kier molecular flexibility index (Phi) is 4.80. The number of likely N-dealkylation sites (tertiary alicyclic amines) is 1. The average Bonchev–Trinajstić information content (AvgIpc) is 3.17. The van der Waals surface area contributed by atoms with Crippen molar-refractivity contribution in [1.29, 1.82) is 0 Å². The van der Waals surface area contributed by atoms with Crippen LogP contribution in [0.3, 0.4) is 0 Å². The number of nitrogens with zero attached hydrogens (tertiary/aromatic N) is 2. The first-order valence-corrected chi connectivity index (χ1v) is 8.29. The molecule has 0 aliphatic carbocycles. The van der Waals surface area contributed by atoms with E-state index >= 15 is 0 Å². The molecule has 0 bridgehead atoms. The Bertz CT molecular complexity index is 615. The fourth-order valence-electron chi connectivity index (χ4n) is 2.87. The molecule has 1 amide bonds. The molecule has 116 valence electrons. The summed E-state index contributed by atoms with van der Waals surface area (Å²) in [5.41, 5.74) is 1.12. The average molecular weight is 319 g/mol. The van der Waals surface area contributed by atoms with Crippen molar-refractivity contribution in [2.24, 2.45) is 0 Å². The van der Waals surface area contributed by atoms with E-state index in [1.807, 2.05) is 17.5 Å². The Morgan fingerprint density at radius 3 is 2.95 bits per heavy atom. The molecule has 0 saturated carbocycles. The van der Waals surface area contributed by atoms with E-state index < -0.39 is 0 Å². The van der Waals surface area contributed by atoms with Gasteiger partial charge in [0.15, 0.2) is 5.13 Å². The molecular formula is C16H18FN3OS. The highest BCUT2D eigenvalue weighted by Crippen LogP contribution is 2.31. The van der Waals surface area contributed by atoms with Crippen LogP contribution < -0.4 is 5.32 Å². The third kappa shape index (κ3) is 3.69. The maximum absolute atomic E-state index is 13.0. The summed E-state index contributed by atoms with van der Waals surface area (Å²) in [5.74, 6) is -0.226. The zero-order valence-corrected chi connectivity index (χ0v) is 13.0. The molecule has 2 aromatic rings. The predicted octanol–water partition coefficient (Wildman–Crippen LogP) is 3.45. The second-order valence-corrected chi connectivity index (χ2v) is 6.28. The summed E-state index contributed by atoms with van der Waals surface area (Å²) in [5, 5.41) is 5.27. The van der Waals surface area contributed by atoms with Gasteiger partial charge >= 0.3 is 0 Å². The maximum Gasteiger partial charge on any atom is 0.227 e. The Labute approximate surface area is 133 Å². The van der Waals surface area contributed by atoms with Gasteiger partial charge in [0.25, 0.3) is 0 Å². The predicted molar refractivity (Wildman–Crippen MR) is 85.3 cm³/mol. The van der Waals surface area contributed by atoms with E-state index in [9.17, 15) is 9.18 Å². The van der Waals surface area contributed by atoms with Gasteiger partial charge in [-0.05, 0) is 37.1 Å². The Morgan fingerprint density at radius 2 is 2.23 bits per heavy atom. The highest BCUT2D eigenvalue weighted by Gasteiger charge is 2.26. The van der Waals surface area contributed by atoms with Crippen LogP contribution in [0.15, 0.2) is 35.8 Å². The van der Waals surface area contributed by atoms with Crippen molar-refractivity contribution in [2.45, 2.75) is 25.3 Å². The van der Waals surface area contributed by atoms with Crippen molar-refractivity contribution in [2.75, 3.05) is 18.4 Å². The first kappa shape index (κ1) is 15.1. The van der Waals surface area contributed by atoms with E-state index in [1.165, 1.54) is 23.5 Å². The number of hydrogen-bond donors (Lipinski definition) is 1. The van der Waals surface area contributed by atoms with Gasteiger partial charge in [0, 0.05) is 30.6 Å². The van der Waals surface area contributed by atoms with E-state index in [-0.39, 0.29) is 17.8 Å². The normalized spacial score (nSPS) is 18.5. The summed E-state index contributed by atoms with van der Waals surface area (Å²) >= 11 is 1.42. The number of carbonyl (C=O) groups excluding carboxylic acids is 1. The summed E-state index contributed by atoms with van der Waals surface area (Å²) in [6.07, 6.45) is 4.28. The van der Waals surface area contributed by atoms with Gasteiger partial charge < -0.3 is 5.32 Å². The van der Waals surface area contributed by atoms with Crippen molar-refractivity contribution in [3.05, 3.63) is 47.2 Å². The quantitative estimate of drug-likeness (QED) is 0.918. The van der Waals surface area contributed by atoms with Gasteiger partial charge in [-0.1, -0.05) is 12.1 Å². The highest BCUT2D eigenvalue weighted by atomic mass is 32.1. The molecule has 0 spiro atoms. The molecule has 2 heterocycles. The number of hydrogen-bond acceptors (Lipinski definition) is 4. The van der Waals surface area contributed by atoms with Crippen LogP contribution in [0.1, 0.15) is 30.9 Å². The summed E-state index contributed by atoms with van der Waals surface area (Å²) in [4.78, 5) is 18.3.